The van der Waals surface area contributed by atoms with Crippen LogP contribution in [0.4, 0.5) is 0 Å². The largest absolute Gasteiger partial charge is 0.371 e. The van der Waals surface area contributed by atoms with Crippen molar-refractivity contribution in [3.8, 4) is 0 Å². The highest BCUT2D eigenvalue weighted by atomic mass is 16.5. The third-order valence-corrected chi connectivity index (χ3v) is 2.93. The van der Waals surface area contributed by atoms with Crippen molar-refractivity contribution in [2.75, 3.05) is 7.11 Å². The molecule has 0 atom stereocenters. The van der Waals surface area contributed by atoms with Crippen molar-refractivity contribution >= 4 is 5.78 Å². The maximum Gasteiger partial charge on any atom is 0.186 e. The van der Waals surface area contributed by atoms with E-state index in [4.69, 9.17) is 4.74 Å². The van der Waals surface area contributed by atoms with Crippen molar-refractivity contribution < 1.29 is 9.53 Å². The molecule has 1 aliphatic carbocycles. The minimum absolute atomic E-state index is 0.0944. The van der Waals surface area contributed by atoms with E-state index in [9.17, 15) is 4.79 Å². The smallest absolute Gasteiger partial charge is 0.186 e. The van der Waals surface area contributed by atoms with Gasteiger partial charge in [-0.2, -0.15) is 0 Å². The lowest BCUT2D eigenvalue weighted by atomic mass is 9.91. The maximum absolute atomic E-state index is 11.8. The maximum atomic E-state index is 11.8. The van der Waals surface area contributed by atoms with E-state index in [1.54, 1.807) is 13.2 Å². The van der Waals surface area contributed by atoms with Crippen LogP contribution in [0.5, 0.6) is 0 Å². The van der Waals surface area contributed by atoms with Crippen LogP contribution >= 0.6 is 0 Å². The molecule has 0 amide bonds. The summed E-state index contributed by atoms with van der Waals surface area (Å²) >= 11 is 0. The zero-order valence-corrected chi connectivity index (χ0v) is 9.43. The van der Waals surface area contributed by atoms with E-state index >= 15 is 0 Å². The van der Waals surface area contributed by atoms with Crippen LogP contribution in [-0.4, -0.2) is 18.5 Å². The minimum atomic E-state index is -0.662. The molecule has 0 unspecified atom stereocenters. The lowest BCUT2D eigenvalue weighted by Crippen LogP contribution is -2.32. The Morgan fingerprint density at radius 2 is 1.86 bits per heavy atom. The van der Waals surface area contributed by atoms with Crippen LogP contribution in [-0.2, 0) is 9.53 Å². The number of ether oxygens (including phenoxy) is 1. The first-order valence-electron chi connectivity index (χ1n) is 5.35. The van der Waals surface area contributed by atoms with Gasteiger partial charge in [-0.05, 0) is 45.6 Å². The molecule has 0 radical (unpaired) electrons. The first-order chi connectivity index (χ1) is 6.56. The van der Waals surface area contributed by atoms with Crippen molar-refractivity contribution in [3.63, 3.8) is 0 Å². The molecule has 0 aromatic rings. The molecular weight excluding hydrogens is 176 g/mol. The SMILES string of the molecule is COC(C)(C)C(=O)C=C1CCCCC1. The van der Waals surface area contributed by atoms with Crippen LogP contribution in [0.3, 0.4) is 0 Å². The fourth-order valence-electron chi connectivity index (χ4n) is 1.61. The number of allylic oxidation sites excluding steroid dienone is 1. The van der Waals surface area contributed by atoms with Crippen LogP contribution in [0.2, 0.25) is 0 Å². The molecule has 14 heavy (non-hydrogen) atoms. The van der Waals surface area contributed by atoms with Crippen molar-refractivity contribution in [1.82, 2.24) is 0 Å². The van der Waals surface area contributed by atoms with Gasteiger partial charge in [0.2, 0.25) is 0 Å². The van der Waals surface area contributed by atoms with Gasteiger partial charge in [-0.15, -0.1) is 0 Å². The summed E-state index contributed by atoms with van der Waals surface area (Å²) in [5, 5.41) is 0. The zero-order valence-electron chi connectivity index (χ0n) is 9.43. The monoisotopic (exact) mass is 196 g/mol. The Bertz CT molecular complexity index is 231. The van der Waals surface area contributed by atoms with Crippen LogP contribution < -0.4 is 0 Å². The Balaban J connectivity index is 2.61. The van der Waals surface area contributed by atoms with Gasteiger partial charge in [0, 0.05) is 7.11 Å². The summed E-state index contributed by atoms with van der Waals surface area (Å²) in [6, 6.07) is 0. The van der Waals surface area contributed by atoms with Crippen LogP contribution in [0.15, 0.2) is 11.6 Å². The average Bonchev–Trinajstić information content (AvgIpc) is 2.19. The average molecular weight is 196 g/mol. The number of hydrogen-bond acceptors (Lipinski definition) is 2. The number of methoxy groups -OCH3 is 1. The minimum Gasteiger partial charge on any atom is -0.371 e. The van der Waals surface area contributed by atoms with E-state index in [1.807, 2.05) is 13.8 Å². The molecule has 2 nitrogen and oxygen atoms in total. The highest BCUT2D eigenvalue weighted by Crippen LogP contribution is 2.24. The summed E-state index contributed by atoms with van der Waals surface area (Å²) in [7, 11) is 1.58. The molecule has 0 spiro atoms. The number of hydrogen-bond donors (Lipinski definition) is 0. The molecule has 0 aromatic heterocycles. The van der Waals surface area contributed by atoms with Gasteiger partial charge in [-0.1, -0.05) is 12.0 Å². The second kappa shape index (κ2) is 4.74. The summed E-state index contributed by atoms with van der Waals surface area (Å²) in [5.74, 6) is 0.0944. The van der Waals surface area contributed by atoms with E-state index in [1.165, 1.54) is 24.8 Å². The molecule has 1 aliphatic rings. The van der Waals surface area contributed by atoms with Crippen LogP contribution in [0.1, 0.15) is 46.0 Å². The summed E-state index contributed by atoms with van der Waals surface area (Å²) in [4.78, 5) is 11.8. The summed E-state index contributed by atoms with van der Waals surface area (Å²) in [6.45, 7) is 3.63. The quantitative estimate of drug-likeness (QED) is 0.649. The molecule has 1 rings (SSSR count). The molecule has 0 aliphatic heterocycles. The molecule has 2 heteroatoms. The summed E-state index contributed by atoms with van der Waals surface area (Å²) in [6.07, 6.45) is 7.73. The van der Waals surface area contributed by atoms with Crippen molar-refractivity contribution in [1.29, 1.82) is 0 Å². The topological polar surface area (TPSA) is 26.3 Å². The van der Waals surface area contributed by atoms with Crippen LogP contribution in [0.25, 0.3) is 0 Å². The van der Waals surface area contributed by atoms with Crippen molar-refractivity contribution in [2.24, 2.45) is 0 Å². The summed E-state index contributed by atoms with van der Waals surface area (Å²) < 4.78 is 5.15. The number of rotatable bonds is 3. The molecule has 0 aromatic carbocycles. The molecule has 80 valence electrons. The third kappa shape index (κ3) is 2.95. The van der Waals surface area contributed by atoms with Crippen molar-refractivity contribution in [3.05, 3.63) is 11.6 Å². The van der Waals surface area contributed by atoms with Crippen molar-refractivity contribution in [2.45, 2.75) is 51.6 Å². The zero-order chi connectivity index (χ0) is 10.6. The normalized spacial score (nSPS) is 18.1. The van der Waals surface area contributed by atoms with E-state index in [-0.39, 0.29) is 5.78 Å². The van der Waals surface area contributed by atoms with Gasteiger partial charge in [0.25, 0.3) is 0 Å². The fraction of sp³-hybridized carbons (Fsp3) is 0.750. The lowest BCUT2D eigenvalue weighted by molar-refractivity contribution is -0.131. The lowest BCUT2D eigenvalue weighted by Gasteiger charge is -2.21. The van der Waals surface area contributed by atoms with Gasteiger partial charge in [-0.3, -0.25) is 4.79 Å². The second-order valence-electron chi connectivity index (χ2n) is 4.44. The van der Waals surface area contributed by atoms with Gasteiger partial charge in [-0.25, -0.2) is 0 Å². The fourth-order valence-corrected chi connectivity index (χ4v) is 1.61. The first kappa shape index (κ1) is 11.4. The number of carbonyl (C=O) groups is 1. The van der Waals surface area contributed by atoms with E-state index < -0.39 is 5.60 Å². The Labute approximate surface area is 86.3 Å². The first-order valence-corrected chi connectivity index (χ1v) is 5.35. The van der Waals surface area contributed by atoms with E-state index in [2.05, 4.69) is 0 Å². The summed E-state index contributed by atoms with van der Waals surface area (Å²) in [5.41, 5.74) is 0.635. The molecular formula is C12H20O2. The molecule has 1 fully saturated rings. The molecule has 0 N–H and O–H groups in total. The predicted octanol–water partition coefficient (Wildman–Crippen LogP) is 2.87. The van der Waals surface area contributed by atoms with Gasteiger partial charge in [0.15, 0.2) is 5.78 Å². The Hall–Kier alpha value is -0.630. The highest BCUT2D eigenvalue weighted by molar-refractivity contribution is 5.96. The standard InChI is InChI=1S/C12H20O2/c1-12(2,14-3)11(13)9-10-7-5-4-6-8-10/h9H,4-8H2,1-3H3. The molecule has 0 bridgehead atoms. The van der Waals surface area contributed by atoms with Gasteiger partial charge >= 0.3 is 0 Å². The van der Waals surface area contributed by atoms with E-state index in [0.717, 1.165) is 12.8 Å². The predicted molar refractivity (Wildman–Crippen MR) is 57.3 cm³/mol. The Morgan fingerprint density at radius 3 is 2.36 bits per heavy atom. The third-order valence-electron chi connectivity index (χ3n) is 2.93. The van der Waals surface area contributed by atoms with Gasteiger partial charge in [0.05, 0.1) is 0 Å². The Kier molecular flexibility index (Phi) is 3.87. The highest BCUT2D eigenvalue weighted by Gasteiger charge is 2.25. The Morgan fingerprint density at radius 1 is 1.29 bits per heavy atom. The molecule has 1 saturated carbocycles. The molecule has 0 heterocycles. The number of carbonyl (C=O) groups excluding carboxylic acids is 1. The van der Waals surface area contributed by atoms with E-state index in [0.29, 0.717) is 0 Å². The van der Waals surface area contributed by atoms with Gasteiger partial charge in [0.1, 0.15) is 5.60 Å². The van der Waals surface area contributed by atoms with Crippen LogP contribution in [0, 0.1) is 0 Å². The van der Waals surface area contributed by atoms with Gasteiger partial charge < -0.3 is 4.74 Å². The second-order valence-corrected chi connectivity index (χ2v) is 4.44. The molecule has 0 saturated heterocycles. The number of ketones is 1.